The second-order valence-electron chi connectivity index (χ2n) is 4.60. The number of thioether (sulfide) groups is 1. The number of nitro groups is 1. The Morgan fingerprint density at radius 1 is 1.22 bits per heavy atom. The number of nitrogens with zero attached hydrogens (tertiary/aromatic N) is 1. The molecule has 2 aromatic rings. The van der Waals surface area contributed by atoms with E-state index in [1.807, 2.05) is 0 Å². The molecule has 0 heterocycles. The van der Waals surface area contributed by atoms with Crippen LogP contribution in [-0.4, -0.2) is 16.1 Å². The van der Waals surface area contributed by atoms with Crippen molar-refractivity contribution in [2.45, 2.75) is 17.1 Å². The molecular formula is C15H12F2N2O3S. The largest absolute Gasteiger partial charge is 0.319 e. The molecule has 0 aliphatic heterocycles. The van der Waals surface area contributed by atoms with Crippen molar-refractivity contribution in [3.63, 3.8) is 0 Å². The number of halogens is 2. The number of hydrogen-bond donors (Lipinski definition) is 1. The second kappa shape index (κ2) is 7.19. The molecule has 0 spiro atoms. The van der Waals surface area contributed by atoms with Gasteiger partial charge in [0.05, 0.1) is 10.2 Å². The van der Waals surface area contributed by atoms with E-state index in [0.717, 1.165) is 23.9 Å². The molecule has 0 aromatic heterocycles. The fraction of sp³-hybridized carbons (Fsp3) is 0.133. The average Bonchev–Trinajstić information content (AvgIpc) is 2.51. The van der Waals surface area contributed by atoms with Gasteiger partial charge in [-0.15, -0.1) is 11.8 Å². The SMILES string of the molecule is C[C@H](Sc1ccc(F)c(F)c1)C(=O)Nc1ccccc1[N+](=O)[O-]. The van der Waals surface area contributed by atoms with E-state index < -0.39 is 27.7 Å². The maximum Gasteiger partial charge on any atom is 0.292 e. The molecule has 2 rings (SSSR count). The number of para-hydroxylation sites is 2. The van der Waals surface area contributed by atoms with Crippen LogP contribution in [0.25, 0.3) is 0 Å². The van der Waals surface area contributed by atoms with Gasteiger partial charge in [-0.3, -0.25) is 14.9 Å². The van der Waals surface area contributed by atoms with Crippen LogP contribution in [0.5, 0.6) is 0 Å². The lowest BCUT2D eigenvalue weighted by molar-refractivity contribution is -0.383. The second-order valence-corrected chi connectivity index (χ2v) is 6.01. The topological polar surface area (TPSA) is 72.2 Å². The van der Waals surface area contributed by atoms with Gasteiger partial charge in [-0.05, 0) is 31.2 Å². The van der Waals surface area contributed by atoms with Gasteiger partial charge in [0.25, 0.3) is 5.69 Å². The molecule has 0 saturated carbocycles. The van der Waals surface area contributed by atoms with Crippen molar-refractivity contribution in [3.8, 4) is 0 Å². The first-order valence-electron chi connectivity index (χ1n) is 6.54. The van der Waals surface area contributed by atoms with Gasteiger partial charge in [0.2, 0.25) is 5.91 Å². The van der Waals surface area contributed by atoms with Gasteiger partial charge in [0.1, 0.15) is 5.69 Å². The molecule has 0 fully saturated rings. The maximum absolute atomic E-state index is 13.2. The Bertz CT molecular complexity index is 755. The highest BCUT2D eigenvalue weighted by Gasteiger charge is 2.19. The van der Waals surface area contributed by atoms with Crippen molar-refractivity contribution in [3.05, 3.63) is 64.2 Å². The lowest BCUT2D eigenvalue weighted by Gasteiger charge is -2.12. The molecule has 120 valence electrons. The van der Waals surface area contributed by atoms with E-state index in [-0.39, 0.29) is 11.4 Å². The molecule has 0 aliphatic rings. The van der Waals surface area contributed by atoms with Crippen molar-refractivity contribution in [2.24, 2.45) is 0 Å². The number of carbonyl (C=O) groups excluding carboxylic acids is 1. The van der Waals surface area contributed by atoms with Gasteiger partial charge in [-0.25, -0.2) is 8.78 Å². The standard InChI is InChI=1S/C15H12F2N2O3S/c1-9(23-10-6-7-11(16)12(17)8-10)15(20)18-13-4-2-3-5-14(13)19(21)22/h2-9H,1H3,(H,18,20)/t9-/m0/s1. The zero-order valence-electron chi connectivity index (χ0n) is 12.0. The molecule has 0 bridgehead atoms. The summed E-state index contributed by atoms with van der Waals surface area (Å²) in [4.78, 5) is 22.8. The van der Waals surface area contributed by atoms with Crippen LogP contribution in [0.1, 0.15) is 6.92 Å². The van der Waals surface area contributed by atoms with Gasteiger partial charge in [0.15, 0.2) is 11.6 Å². The molecule has 1 atom stereocenters. The predicted octanol–water partition coefficient (Wildman–Crippen LogP) is 3.99. The average molecular weight is 338 g/mol. The minimum Gasteiger partial charge on any atom is -0.319 e. The molecule has 0 saturated heterocycles. The fourth-order valence-electron chi connectivity index (χ4n) is 1.78. The Morgan fingerprint density at radius 2 is 1.91 bits per heavy atom. The molecule has 8 heteroatoms. The molecule has 1 N–H and O–H groups in total. The van der Waals surface area contributed by atoms with Crippen LogP contribution < -0.4 is 5.32 Å². The van der Waals surface area contributed by atoms with E-state index in [2.05, 4.69) is 5.32 Å². The number of hydrogen-bond acceptors (Lipinski definition) is 4. The van der Waals surface area contributed by atoms with Crippen LogP contribution in [0.2, 0.25) is 0 Å². The molecule has 0 aliphatic carbocycles. The molecule has 0 radical (unpaired) electrons. The number of amides is 1. The summed E-state index contributed by atoms with van der Waals surface area (Å²) in [5.41, 5.74) is -0.133. The third-order valence-corrected chi connectivity index (χ3v) is 4.03. The molecule has 1 amide bonds. The summed E-state index contributed by atoms with van der Waals surface area (Å²) in [7, 11) is 0. The Kier molecular flexibility index (Phi) is 5.28. The molecule has 2 aromatic carbocycles. The summed E-state index contributed by atoms with van der Waals surface area (Å²) in [6.45, 7) is 1.57. The quantitative estimate of drug-likeness (QED) is 0.508. The predicted molar refractivity (Wildman–Crippen MR) is 83.4 cm³/mol. The van der Waals surface area contributed by atoms with E-state index in [9.17, 15) is 23.7 Å². The Morgan fingerprint density at radius 3 is 2.57 bits per heavy atom. The summed E-state index contributed by atoms with van der Waals surface area (Å²) in [6.07, 6.45) is 0. The monoisotopic (exact) mass is 338 g/mol. The van der Waals surface area contributed by atoms with Crippen molar-refractivity contribution in [1.29, 1.82) is 0 Å². The first kappa shape index (κ1) is 16.9. The van der Waals surface area contributed by atoms with E-state index in [1.165, 1.54) is 24.3 Å². The number of nitrogens with one attached hydrogen (secondary N) is 1. The smallest absolute Gasteiger partial charge is 0.292 e. The van der Waals surface area contributed by atoms with Crippen LogP contribution in [0.15, 0.2) is 47.4 Å². The van der Waals surface area contributed by atoms with Crippen LogP contribution in [0.4, 0.5) is 20.2 Å². The first-order valence-corrected chi connectivity index (χ1v) is 7.42. The highest BCUT2D eigenvalue weighted by molar-refractivity contribution is 8.00. The molecule has 5 nitrogen and oxygen atoms in total. The highest BCUT2D eigenvalue weighted by Crippen LogP contribution is 2.28. The van der Waals surface area contributed by atoms with Gasteiger partial charge < -0.3 is 5.32 Å². The number of carbonyl (C=O) groups is 1. The summed E-state index contributed by atoms with van der Waals surface area (Å²) in [5.74, 6) is -2.44. The normalized spacial score (nSPS) is 11.8. The van der Waals surface area contributed by atoms with Gasteiger partial charge in [-0.1, -0.05) is 12.1 Å². The zero-order chi connectivity index (χ0) is 17.0. The maximum atomic E-state index is 13.2. The lowest BCUT2D eigenvalue weighted by atomic mass is 10.2. The van der Waals surface area contributed by atoms with Crippen LogP contribution in [0.3, 0.4) is 0 Å². The van der Waals surface area contributed by atoms with E-state index in [1.54, 1.807) is 13.0 Å². The summed E-state index contributed by atoms with van der Waals surface area (Å²) in [6, 6.07) is 9.09. The van der Waals surface area contributed by atoms with E-state index in [4.69, 9.17) is 0 Å². The number of nitro benzene ring substituents is 1. The Balaban J connectivity index is 2.08. The number of rotatable bonds is 5. The summed E-state index contributed by atoms with van der Waals surface area (Å²) in [5, 5.41) is 12.7. The zero-order valence-corrected chi connectivity index (χ0v) is 12.8. The van der Waals surface area contributed by atoms with Crippen molar-refractivity contribution >= 4 is 29.0 Å². The Hall–Kier alpha value is -2.48. The van der Waals surface area contributed by atoms with Gasteiger partial charge in [-0.2, -0.15) is 0 Å². The first-order chi connectivity index (χ1) is 10.9. The van der Waals surface area contributed by atoms with Gasteiger partial charge >= 0.3 is 0 Å². The number of benzene rings is 2. The molecule has 0 unspecified atom stereocenters. The molecule has 23 heavy (non-hydrogen) atoms. The highest BCUT2D eigenvalue weighted by atomic mass is 32.2. The third-order valence-electron chi connectivity index (χ3n) is 2.93. The Labute approximate surface area is 134 Å². The fourth-order valence-corrected chi connectivity index (χ4v) is 2.67. The molecular weight excluding hydrogens is 326 g/mol. The van der Waals surface area contributed by atoms with Gasteiger partial charge in [0, 0.05) is 11.0 Å². The van der Waals surface area contributed by atoms with Crippen molar-refractivity contribution in [2.75, 3.05) is 5.32 Å². The van der Waals surface area contributed by atoms with Crippen molar-refractivity contribution < 1.29 is 18.5 Å². The number of anilines is 1. The van der Waals surface area contributed by atoms with Crippen LogP contribution >= 0.6 is 11.8 Å². The lowest BCUT2D eigenvalue weighted by Crippen LogP contribution is -2.22. The summed E-state index contributed by atoms with van der Waals surface area (Å²) < 4.78 is 26.0. The van der Waals surface area contributed by atoms with Crippen molar-refractivity contribution in [1.82, 2.24) is 0 Å². The van der Waals surface area contributed by atoms with E-state index in [0.29, 0.717) is 4.90 Å². The summed E-state index contributed by atoms with van der Waals surface area (Å²) >= 11 is 1.02. The van der Waals surface area contributed by atoms with E-state index >= 15 is 0 Å². The minimum atomic E-state index is -0.999. The minimum absolute atomic E-state index is 0.0836. The van der Waals surface area contributed by atoms with Crippen LogP contribution in [-0.2, 0) is 4.79 Å². The third kappa shape index (κ3) is 4.26. The van der Waals surface area contributed by atoms with Crippen LogP contribution in [0, 0.1) is 21.7 Å².